The molecule has 6 nitrogen and oxygen atoms in total. The fraction of sp³-hybridized carbons (Fsp3) is 0.364. The molecular formula is C22H29ClIN5O. The highest BCUT2D eigenvalue weighted by atomic mass is 127. The molecular weight excluding hydrogens is 513 g/mol. The van der Waals surface area contributed by atoms with Crippen LogP contribution in [0.2, 0.25) is 5.02 Å². The number of carbonyl (C=O) groups is 1. The van der Waals surface area contributed by atoms with Gasteiger partial charge in [-0.05, 0) is 42.3 Å². The van der Waals surface area contributed by atoms with Gasteiger partial charge >= 0.3 is 0 Å². The summed E-state index contributed by atoms with van der Waals surface area (Å²) in [4.78, 5) is 20.2. The number of benzene rings is 2. The van der Waals surface area contributed by atoms with E-state index in [2.05, 4.69) is 31.5 Å². The maximum Gasteiger partial charge on any atom is 0.221 e. The summed E-state index contributed by atoms with van der Waals surface area (Å²) in [5, 5.41) is 7.02. The Morgan fingerprint density at radius 1 is 1.10 bits per heavy atom. The van der Waals surface area contributed by atoms with E-state index in [-0.39, 0.29) is 29.9 Å². The average molecular weight is 542 g/mol. The molecule has 162 valence electrons. The van der Waals surface area contributed by atoms with E-state index in [4.69, 9.17) is 11.6 Å². The first-order chi connectivity index (χ1) is 14.0. The molecule has 2 aromatic rings. The topological polar surface area (TPSA) is 60.0 Å². The highest BCUT2D eigenvalue weighted by Gasteiger charge is 2.19. The molecule has 0 unspecified atom stereocenters. The molecule has 0 aromatic heterocycles. The number of nitrogens with one attached hydrogen (secondary N) is 2. The van der Waals surface area contributed by atoms with E-state index in [0.29, 0.717) is 0 Å². The van der Waals surface area contributed by atoms with Gasteiger partial charge in [0, 0.05) is 63.1 Å². The fourth-order valence-electron chi connectivity index (χ4n) is 3.46. The first-order valence-corrected chi connectivity index (χ1v) is 10.3. The normalized spacial score (nSPS) is 14.2. The molecule has 3 rings (SSSR count). The predicted molar refractivity (Wildman–Crippen MR) is 136 cm³/mol. The molecule has 0 atom stereocenters. The first-order valence-electron chi connectivity index (χ1n) is 9.88. The van der Waals surface area contributed by atoms with E-state index in [1.54, 1.807) is 0 Å². The highest BCUT2D eigenvalue weighted by molar-refractivity contribution is 14.0. The van der Waals surface area contributed by atoms with Crippen molar-refractivity contribution in [2.24, 2.45) is 4.99 Å². The van der Waals surface area contributed by atoms with Gasteiger partial charge in [0.2, 0.25) is 5.91 Å². The Morgan fingerprint density at radius 2 is 1.80 bits per heavy atom. The number of anilines is 2. The lowest BCUT2D eigenvalue weighted by Crippen LogP contribution is -2.52. The lowest BCUT2D eigenvalue weighted by molar-refractivity contribution is -0.114. The van der Waals surface area contributed by atoms with Crippen LogP contribution >= 0.6 is 35.6 Å². The van der Waals surface area contributed by atoms with Gasteiger partial charge in [-0.2, -0.15) is 0 Å². The molecule has 0 spiro atoms. The molecule has 0 saturated carbocycles. The number of rotatable bonds is 5. The van der Waals surface area contributed by atoms with Crippen molar-refractivity contribution in [2.45, 2.75) is 13.3 Å². The Labute approximate surface area is 200 Å². The molecule has 1 heterocycles. The Hall–Kier alpha value is -2.00. The van der Waals surface area contributed by atoms with Crippen LogP contribution in [0.5, 0.6) is 0 Å². The summed E-state index contributed by atoms with van der Waals surface area (Å²) in [7, 11) is 1.83. The predicted octanol–water partition coefficient (Wildman–Crippen LogP) is 3.86. The van der Waals surface area contributed by atoms with E-state index >= 15 is 0 Å². The van der Waals surface area contributed by atoms with Gasteiger partial charge in [-0.3, -0.25) is 9.79 Å². The van der Waals surface area contributed by atoms with Crippen molar-refractivity contribution in [3.8, 4) is 0 Å². The van der Waals surface area contributed by atoms with E-state index in [1.165, 1.54) is 18.2 Å². The zero-order chi connectivity index (χ0) is 20.6. The number of piperazine rings is 1. The van der Waals surface area contributed by atoms with Crippen LogP contribution in [0.3, 0.4) is 0 Å². The summed E-state index contributed by atoms with van der Waals surface area (Å²) in [6.45, 7) is 6.02. The minimum absolute atomic E-state index is 0. The van der Waals surface area contributed by atoms with Crippen LogP contribution in [0, 0.1) is 0 Å². The number of halogens is 2. The molecule has 0 bridgehead atoms. The SMILES string of the molecule is CN=C(NCCc1ccc(NC(C)=O)cc1)N1CCN(c2cccc(Cl)c2)CC1.I. The zero-order valence-electron chi connectivity index (χ0n) is 17.4. The quantitative estimate of drug-likeness (QED) is 0.343. The molecule has 0 radical (unpaired) electrons. The van der Waals surface area contributed by atoms with Gasteiger partial charge in [0.05, 0.1) is 0 Å². The van der Waals surface area contributed by atoms with Gasteiger partial charge in [0.1, 0.15) is 0 Å². The largest absolute Gasteiger partial charge is 0.368 e. The zero-order valence-corrected chi connectivity index (χ0v) is 20.5. The average Bonchev–Trinajstić information content (AvgIpc) is 2.72. The number of nitrogens with zero attached hydrogens (tertiary/aromatic N) is 3. The third-order valence-electron chi connectivity index (χ3n) is 4.94. The Balaban J connectivity index is 0.00000320. The van der Waals surface area contributed by atoms with Crippen molar-refractivity contribution >= 4 is 58.8 Å². The van der Waals surface area contributed by atoms with Gasteiger partial charge < -0.3 is 20.4 Å². The van der Waals surface area contributed by atoms with Gasteiger partial charge in [-0.1, -0.05) is 29.8 Å². The fourth-order valence-corrected chi connectivity index (χ4v) is 3.64. The standard InChI is InChI=1S/C22H28ClN5O.HI/c1-17(29)26-20-8-6-18(7-9-20)10-11-25-22(24-2)28-14-12-27(13-15-28)21-5-3-4-19(23)16-21;/h3-9,16H,10-15H2,1-2H3,(H,24,25)(H,26,29);1H. The second-order valence-electron chi connectivity index (χ2n) is 7.06. The summed E-state index contributed by atoms with van der Waals surface area (Å²) in [6, 6.07) is 16.0. The summed E-state index contributed by atoms with van der Waals surface area (Å²) in [6.07, 6.45) is 0.891. The molecule has 2 N–H and O–H groups in total. The van der Waals surface area contributed by atoms with Crippen molar-refractivity contribution in [2.75, 3.05) is 50.0 Å². The lowest BCUT2D eigenvalue weighted by atomic mass is 10.1. The Morgan fingerprint density at radius 3 is 2.40 bits per heavy atom. The molecule has 1 saturated heterocycles. The van der Waals surface area contributed by atoms with E-state index in [0.717, 1.165) is 55.8 Å². The highest BCUT2D eigenvalue weighted by Crippen LogP contribution is 2.20. The number of amides is 1. The van der Waals surface area contributed by atoms with Crippen LogP contribution in [-0.4, -0.2) is 56.5 Å². The molecule has 30 heavy (non-hydrogen) atoms. The molecule has 2 aromatic carbocycles. The number of aliphatic imine (C=N–C) groups is 1. The molecule has 1 fully saturated rings. The molecule has 0 aliphatic carbocycles. The summed E-state index contributed by atoms with van der Waals surface area (Å²) in [5.41, 5.74) is 3.21. The van der Waals surface area contributed by atoms with Crippen LogP contribution < -0.4 is 15.5 Å². The molecule has 8 heteroatoms. The Bertz CT molecular complexity index is 851. The number of hydrogen-bond donors (Lipinski definition) is 2. The van der Waals surface area contributed by atoms with Crippen molar-refractivity contribution in [3.05, 3.63) is 59.1 Å². The van der Waals surface area contributed by atoms with E-state index < -0.39 is 0 Å². The van der Waals surface area contributed by atoms with Crippen LogP contribution in [0.1, 0.15) is 12.5 Å². The number of guanidine groups is 1. The van der Waals surface area contributed by atoms with Gasteiger partial charge in [0.25, 0.3) is 0 Å². The monoisotopic (exact) mass is 541 g/mol. The smallest absolute Gasteiger partial charge is 0.221 e. The maximum atomic E-state index is 11.1. The van der Waals surface area contributed by atoms with Crippen molar-refractivity contribution < 1.29 is 4.79 Å². The maximum absolute atomic E-state index is 11.1. The molecule has 1 aliphatic rings. The Kier molecular flexibility index (Phi) is 9.71. The van der Waals surface area contributed by atoms with Gasteiger partial charge in [-0.15, -0.1) is 24.0 Å². The van der Waals surface area contributed by atoms with Crippen LogP contribution in [0.4, 0.5) is 11.4 Å². The summed E-state index contributed by atoms with van der Waals surface area (Å²) < 4.78 is 0. The van der Waals surface area contributed by atoms with E-state index in [1.807, 2.05) is 49.5 Å². The van der Waals surface area contributed by atoms with E-state index in [9.17, 15) is 4.79 Å². The van der Waals surface area contributed by atoms with Crippen LogP contribution in [0.15, 0.2) is 53.5 Å². The summed E-state index contributed by atoms with van der Waals surface area (Å²) >= 11 is 6.12. The molecule has 1 amide bonds. The third kappa shape index (κ3) is 7.05. The van der Waals surface area contributed by atoms with Crippen molar-refractivity contribution in [1.82, 2.24) is 10.2 Å². The van der Waals surface area contributed by atoms with Crippen LogP contribution in [0.25, 0.3) is 0 Å². The van der Waals surface area contributed by atoms with Crippen molar-refractivity contribution in [1.29, 1.82) is 0 Å². The van der Waals surface area contributed by atoms with Gasteiger partial charge in [-0.25, -0.2) is 0 Å². The van der Waals surface area contributed by atoms with Gasteiger partial charge in [0.15, 0.2) is 5.96 Å². The first kappa shape index (κ1) is 24.3. The minimum atomic E-state index is -0.0568. The number of carbonyl (C=O) groups excluding carboxylic acids is 1. The lowest BCUT2D eigenvalue weighted by Gasteiger charge is -2.37. The molecule has 1 aliphatic heterocycles. The second-order valence-corrected chi connectivity index (χ2v) is 7.49. The number of hydrogen-bond acceptors (Lipinski definition) is 3. The van der Waals surface area contributed by atoms with Crippen LogP contribution in [-0.2, 0) is 11.2 Å². The second kappa shape index (κ2) is 12.0. The summed E-state index contributed by atoms with van der Waals surface area (Å²) in [5.74, 6) is 0.879. The van der Waals surface area contributed by atoms with Crippen molar-refractivity contribution in [3.63, 3.8) is 0 Å². The third-order valence-corrected chi connectivity index (χ3v) is 5.17. The minimum Gasteiger partial charge on any atom is -0.368 e.